The van der Waals surface area contributed by atoms with Gasteiger partial charge in [-0.25, -0.2) is 0 Å². The lowest BCUT2D eigenvalue weighted by Crippen LogP contribution is -2.34. The molecule has 0 aromatic heterocycles. The first kappa shape index (κ1) is 11.7. The van der Waals surface area contributed by atoms with E-state index in [1.54, 1.807) is 19.0 Å². The molecular weight excluding hydrogens is 188 g/mol. The number of carbonyl (C=O) groups is 1. The lowest BCUT2D eigenvalue weighted by Gasteiger charge is -2.16. The number of hydrogen-bond donors (Lipinski definition) is 1. The molecule has 0 heterocycles. The third-order valence-corrected chi connectivity index (χ3v) is 2.36. The predicted octanol–water partition coefficient (Wildman–Crippen LogP) is 1.43. The van der Waals surface area contributed by atoms with Gasteiger partial charge in [-0.05, 0) is 12.5 Å². The number of benzene rings is 1. The van der Waals surface area contributed by atoms with Crippen LogP contribution in [0.2, 0.25) is 0 Å². The molecule has 0 radical (unpaired) electrons. The highest BCUT2D eigenvalue weighted by molar-refractivity contribution is 5.77. The molecular formula is C12H18N2O. The molecule has 3 heteroatoms. The first-order chi connectivity index (χ1) is 7.11. The minimum atomic E-state index is 0.0952. The number of carbonyl (C=O) groups excluding carboxylic acids is 1. The van der Waals surface area contributed by atoms with Gasteiger partial charge in [0.25, 0.3) is 0 Å². The number of nitrogens with zero attached hydrogens (tertiary/aromatic N) is 1. The Labute approximate surface area is 91.1 Å². The zero-order valence-corrected chi connectivity index (χ0v) is 9.53. The van der Waals surface area contributed by atoms with E-state index >= 15 is 0 Å². The van der Waals surface area contributed by atoms with Crippen LogP contribution >= 0.6 is 0 Å². The van der Waals surface area contributed by atoms with E-state index in [-0.39, 0.29) is 11.9 Å². The van der Waals surface area contributed by atoms with Gasteiger partial charge < -0.3 is 10.2 Å². The highest BCUT2D eigenvalue weighted by Crippen LogP contribution is 2.10. The van der Waals surface area contributed by atoms with Crippen LogP contribution in [0.3, 0.4) is 0 Å². The van der Waals surface area contributed by atoms with Crippen molar-refractivity contribution in [2.45, 2.75) is 13.0 Å². The molecule has 1 rings (SSSR count). The Kier molecular flexibility index (Phi) is 4.31. The number of likely N-dealkylation sites (N-methyl/N-ethyl adjacent to an activating group) is 1. The van der Waals surface area contributed by atoms with E-state index in [4.69, 9.17) is 0 Å². The standard InChI is InChI=1S/C12H18N2O/c1-10(11-7-5-4-6-8-11)13-9-12(15)14(2)3/h4-8,10,13H,9H2,1-3H3/t10-/m0/s1. The maximum Gasteiger partial charge on any atom is 0.236 e. The van der Waals surface area contributed by atoms with Crippen LogP contribution in [0.4, 0.5) is 0 Å². The molecule has 1 N–H and O–H groups in total. The van der Waals surface area contributed by atoms with Crippen LogP contribution in [0.5, 0.6) is 0 Å². The predicted molar refractivity (Wildman–Crippen MR) is 61.6 cm³/mol. The molecule has 0 aliphatic heterocycles. The van der Waals surface area contributed by atoms with Crippen molar-refractivity contribution in [2.75, 3.05) is 20.6 Å². The quantitative estimate of drug-likeness (QED) is 0.808. The monoisotopic (exact) mass is 206 g/mol. The van der Waals surface area contributed by atoms with Crippen LogP contribution < -0.4 is 5.32 Å². The van der Waals surface area contributed by atoms with Crippen molar-refractivity contribution in [2.24, 2.45) is 0 Å². The van der Waals surface area contributed by atoms with Gasteiger partial charge in [-0.2, -0.15) is 0 Å². The fraction of sp³-hybridized carbons (Fsp3) is 0.417. The van der Waals surface area contributed by atoms with Crippen molar-refractivity contribution >= 4 is 5.91 Å². The topological polar surface area (TPSA) is 32.3 Å². The number of nitrogens with one attached hydrogen (secondary N) is 1. The molecule has 0 saturated carbocycles. The Morgan fingerprint density at radius 3 is 2.47 bits per heavy atom. The molecule has 0 bridgehead atoms. The van der Waals surface area contributed by atoms with Gasteiger partial charge in [0.05, 0.1) is 6.54 Å². The summed E-state index contributed by atoms with van der Waals surface area (Å²) in [6, 6.07) is 10.3. The number of amides is 1. The highest BCUT2D eigenvalue weighted by Gasteiger charge is 2.07. The van der Waals surface area contributed by atoms with E-state index < -0.39 is 0 Å². The van der Waals surface area contributed by atoms with E-state index in [0.29, 0.717) is 6.54 Å². The van der Waals surface area contributed by atoms with Crippen LogP contribution in [0.15, 0.2) is 30.3 Å². The van der Waals surface area contributed by atoms with Crippen LogP contribution in [0, 0.1) is 0 Å². The van der Waals surface area contributed by atoms with Crippen molar-refractivity contribution in [3.8, 4) is 0 Å². The maximum absolute atomic E-state index is 11.3. The van der Waals surface area contributed by atoms with E-state index in [1.807, 2.05) is 18.2 Å². The summed E-state index contributed by atoms with van der Waals surface area (Å²) in [5.74, 6) is 0.0952. The molecule has 82 valence electrons. The van der Waals surface area contributed by atoms with Crippen molar-refractivity contribution in [3.05, 3.63) is 35.9 Å². The van der Waals surface area contributed by atoms with Crippen molar-refractivity contribution in [3.63, 3.8) is 0 Å². The summed E-state index contributed by atoms with van der Waals surface area (Å²) in [5, 5.41) is 3.19. The zero-order chi connectivity index (χ0) is 11.3. The number of rotatable bonds is 4. The Hall–Kier alpha value is -1.35. The molecule has 1 atom stereocenters. The summed E-state index contributed by atoms with van der Waals surface area (Å²) in [6.45, 7) is 2.43. The molecule has 3 nitrogen and oxygen atoms in total. The van der Waals surface area contributed by atoms with Gasteiger partial charge in [0.15, 0.2) is 0 Å². The van der Waals surface area contributed by atoms with E-state index in [1.165, 1.54) is 5.56 Å². The Balaban J connectivity index is 2.44. The summed E-state index contributed by atoms with van der Waals surface area (Å²) < 4.78 is 0. The maximum atomic E-state index is 11.3. The average molecular weight is 206 g/mol. The van der Waals surface area contributed by atoms with Crippen molar-refractivity contribution in [1.29, 1.82) is 0 Å². The van der Waals surface area contributed by atoms with Crippen molar-refractivity contribution in [1.82, 2.24) is 10.2 Å². The SMILES string of the molecule is C[C@H](NCC(=O)N(C)C)c1ccccc1. The molecule has 0 aliphatic carbocycles. The van der Waals surface area contributed by atoms with Gasteiger partial charge in [-0.1, -0.05) is 30.3 Å². The molecule has 15 heavy (non-hydrogen) atoms. The van der Waals surface area contributed by atoms with E-state index in [0.717, 1.165) is 0 Å². The first-order valence-electron chi connectivity index (χ1n) is 5.09. The first-order valence-corrected chi connectivity index (χ1v) is 5.09. The van der Waals surface area contributed by atoms with Crippen LogP contribution in [0.1, 0.15) is 18.5 Å². The van der Waals surface area contributed by atoms with Gasteiger partial charge >= 0.3 is 0 Å². The smallest absolute Gasteiger partial charge is 0.236 e. The second-order valence-corrected chi connectivity index (χ2v) is 3.80. The van der Waals surface area contributed by atoms with Gasteiger partial charge in [0, 0.05) is 20.1 Å². The summed E-state index contributed by atoms with van der Waals surface area (Å²) in [7, 11) is 3.52. The van der Waals surface area contributed by atoms with Gasteiger partial charge in [-0.15, -0.1) is 0 Å². The number of hydrogen-bond acceptors (Lipinski definition) is 2. The highest BCUT2D eigenvalue weighted by atomic mass is 16.2. The molecule has 1 amide bonds. The summed E-state index contributed by atoms with van der Waals surface area (Å²) in [5.41, 5.74) is 1.20. The average Bonchev–Trinajstić information content (AvgIpc) is 2.26. The van der Waals surface area contributed by atoms with Crippen LogP contribution in [0.25, 0.3) is 0 Å². The van der Waals surface area contributed by atoms with Crippen molar-refractivity contribution < 1.29 is 4.79 Å². The second kappa shape index (κ2) is 5.51. The van der Waals surface area contributed by atoms with Crippen LogP contribution in [-0.4, -0.2) is 31.4 Å². The van der Waals surface area contributed by atoms with E-state index in [2.05, 4.69) is 24.4 Å². The summed E-state index contributed by atoms with van der Waals surface area (Å²) in [4.78, 5) is 12.9. The molecule has 1 aromatic carbocycles. The minimum Gasteiger partial charge on any atom is -0.348 e. The molecule has 0 saturated heterocycles. The molecule has 0 aliphatic rings. The lowest BCUT2D eigenvalue weighted by molar-refractivity contribution is -0.127. The molecule has 0 fully saturated rings. The van der Waals surface area contributed by atoms with Gasteiger partial charge in [-0.3, -0.25) is 4.79 Å². The summed E-state index contributed by atoms with van der Waals surface area (Å²) in [6.07, 6.45) is 0. The van der Waals surface area contributed by atoms with E-state index in [9.17, 15) is 4.79 Å². The minimum absolute atomic E-state index is 0.0952. The molecule has 1 aromatic rings. The lowest BCUT2D eigenvalue weighted by atomic mass is 10.1. The fourth-order valence-corrected chi connectivity index (χ4v) is 1.26. The van der Waals surface area contributed by atoms with Crippen LogP contribution in [-0.2, 0) is 4.79 Å². The largest absolute Gasteiger partial charge is 0.348 e. The Bertz CT molecular complexity index is 309. The normalized spacial score (nSPS) is 12.2. The van der Waals surface area contributed by atoms with Gasteiger partial charge in [0.2, 0.25) is 5.91 Å². The third kappa shape index (κ3) is 3.72. The zero-order valence-electron chi connectivity index (χ0n) is 9.53. The van der Waals surface area contributed by atoms with Gasteiger partial charge in [0.1, 0.15) is 0 Å². The molecule has 0 spiro atoms. The third-order valence-electron chi connectivity index (χ3n) is 2.36. The Morgan fingerprint density at radius 1 is 1.33 bits per heavy atom. The second-order valence-electron chi connectivity index (χ2n) is 3.80. The Morgan fingerprint density at radius 2 is 1.93 bits per heavy atom. The molecule has 0 unspecified atom stereocenters. The fourth-order valence-electron chi connectivity index (χ4n) is 1.26. The summed E-state index contributed by atoms with van der Waals surface area (Å²) >= 11 is 0.